The van der Waals surface area contributed by atoms with Gasteiger partial charge in [-0.3, -0.25) is 9.59 Å². The summed E-state index contributed by atoms with van der Waals surface area (Å²) in [6.07, 6.45) is 8.75. The third-order valence-electron chi connectivity index (χ3n) is 7.31. The van der Waals surface area contributed by atoms with E-state index in [9.17, 15) is 9.59 Å². The van der Waals surface area contributed by atoms with E-state index in [0.29, 0.717) is 55.1 Å². The second kappa shape index (κ2) is 15.2. The van der Waals surface area contributed by atoms with Crippen molar-refractivity contribution in [1.82, 2.24) is 10.3 Å². The van der Waals surface area contributed by atoms with E-state index in [1.165, 1.54) is 11.1 Å². The Morgan fingerprint density at radius 3 is 2.61 bits per heavy atom. The minimum atomic E-state index is -0.205. The first-order valence-corrected chi connectivity index (χ1v) is 14.7. The van der Waals surface area contributed by atoms with Crippen LogP contribution in [0.5, 0.6) is 0 Å². The van der Waals surface area contributed by atoms with Crippen molar-refractivity contribution in [3.63, 3.8) is 0 Å². The fourth-order valence-corrected chi connectivity index (χ4v) is 4.66. The Kier molecular flexibility index (Phi) is 11.1. The van der Waals surface area contributed by atoms with Gasteiger partial charge in [-0.25, -0.2) is 4.98 Å². The lowest BCUT2D eigenvalue weighted by Crippen LogP contribution is -2.25. The largest absolute Gasteiger partial charge is 0.448 e. The number of unbranched alkanes of at least 4 members (excludes halogenated alkanes) is 1. The molecule has 1 aliphatic carbocycles. The van der Waals surface area contributed by atoms with Gasteiger partial charge in [-0.2, -0.15) is 0 Å². The number of hydrogen-bond acceptors (Lipinski definition) is 7. The number of aliphatic hydroxyl groups excluding tert-OH is 1. The van der Waals surface area contributed by atoms with Crippen LogP contribution < -0.4 is 16.0 Å². The average Bonchev–Trinajstić information content (AvgIpc) is 3.71. The molecule has 0 atom stereocenters. The monoisotopic (exact) mass is 558 g/mol. The summed E-state index contributed by atoms with van der Waals surface area (Å²) in [5, 5.41) is 18.6. The fraction of sp³-hybridized carbons (Fsp3) is 0.424. The summed E-state index contributed by atoms with van der Waals surface area (Å²) in [5.41, 5.74) is 6.07. The molecule has 0 radical (unpaired) electrons. The van der Waals surface area contributed by atoms with E-state index in [4.69, 9.17) is 9.52 Å². The summed E-state index contributed by atoms with van der Waals surface area (Å²) in [6, 6.07) is 14.0. The number of hydrogen-bond donors (Lipinski definition) is 4. The van der Waals surface area contributed by atoms with Crippen LogP contribution in [-0.4, -0.2) is 41.5 Å². The Labute approximate surface area is 242 Å². The molecule has 4 rings (SSSR count). The molecule has 8 heteroatoms. The second-order valence-electron chi connectivity index (χ2n) is 10.7. The molecule has 3 aromatic rings. The van der Waals surface area contributed by atoms with Gasteiger partial charge in [0.15, 0.2) is 5.89 Å². The van der Waals surface area contributed by atoms with Crippen molar-refractivity contribution < 1.29 is 19.1 Å². The fourth-order valence-electron chi connectivity index (χ4n) is 4.66. The Balaban J connectivity index is 1.36. The van der Waals surface area contributed by atoms with E-state index in [1.807, 2.05) is 12.1 Å². The summed E-state index contributed by atoms with van der Waals surface area (Å²) >= 11 is 0. The van der Waals surface area contributed by atoms with E-state index in [1.54, 1.807) is 12.3 Å². The number of benzene rings is 2. The molecule has 0 bridgehead atoms. The van der Waals surface area contributed by atoms with Crippen LogP contribution in [0.25, 0.3) is 5.70 Å². The highest BCUT2D eigenvalue weighted by atomic mass is 16.3. The lowest BCUT2D eigenvalue weighted by molar-refractivity contribution is -0.119. The van der Waals surface area contributed by atoms with E-state index in [0.717, 1.165) is 55.9 Å². The number of carbonyl (C=O) groups excluding carboxylic acids is 2. The maximum atomic E-state index is 12.9. The molecule has 41 heavy (non-hydrogen) atoms. The summed E-state index contributed by atoms with van der Waals surface area (Å²) in [4.78, 5) is 29.3. The Morgan fingerprint density at radius 1 is 1.02 bits per heavy atom. The quantitative estimate of drug-likeness (QED) is 0.137. The van der Waals surface area contributed by atoms with Crippen LogP contribution in [0, 0.1) is 6.92 Å². The summed E-state index contributed by atoms with van der Waals surface area (Å²) in [7, 11) is 0. The molecular formula is C33H42N4O4. The van der Waals surface area contributed by atoms with Gasteiger partial charge < -0.3 is 25.5 Å². The van der Waals surface area contributed by atoms with Crippen molar-refractivity contribution in [2.75, 3.05) is 30.3 Å². The highest BCUT2D eigenvalue weighted by molar-refractivity contribution is 5.97. The number of anilines is 2. The van der Waals surface area contributed by atoms with Crippen molar-refractivity contribution in [2.24, 2.45) is 0 Å². The zero-order chi connectivity index (χ0) is 29.0. The lowest BCUT2D eigenvalue weighted by Gasteiger charge is -2.16. The number of ketones is 1. The number of rotatable bonds is 18. The molecule has 2 aromatic carbocycles. The molecule has 1 amide bonds. The van der Waals surface area contributed by atoms with Crippen molar-refractivity contribution in [3.8, 4) is 0 Å². The molecule has 1 fully saturated rings. The Hall–Kier alpha value is -3.91. The maximum absolute atomic E-state index is 12.9. The number of aromatic nitrogens is 1. The van der Waals surface area contributed by atoms with Crippen LogP contribution in [-0.2, 0) is 11.2 Å². The molecule has 1 aromatic heterocycles. The molecule has 218 valence electrons. The first-order chi connectivity index (χ1) is 19.9. The van der Waals surface area contributed by atoms with E-state index in [2.05, 4.69) is 58.7 Å². The lowest BCUT2D eigenvalue weighted by atomic mass is 10.0. The van der Waals surface area contributed by atoms with Gasteiger partial charge in [0.25, 0.3) is 5.91 Å². The molecule has 4 N–H and O–H groups in total. The second-order valence-corrected chi connectivity index (χ2v) is 10.7. The summed E-state index contributed by atoms with van der Waals surface area (Å²) in [6.45, 7) is 7.53. The first-order valence-electron chi connectivity index (χ1n) is 14.7. The molecule has 0 saturated heterocycles. The minimum Gasteiger partial charge on any atom is -0.448 e. The van der Waals surface area contributed by atoms with Gasteiger partial charge in [-0.15, -0.1) is 0 Å². The van der Waals surface area contributed by atoms with Gasteiger partial charge in [0.2, 0.25) is 0 Å². The van der Waals surface area contributed by atoms with Crippen molar-refractivity contribution in [2.45, 2.75) is 70.6 Å². The first kappa shape index (κ1) is 30.1. The Bertz CT molecular complexity index is 1330. The summed E-state index contributed by atoms with van der Waals surface area (Å²) < 4.78 is 5.64. The van der Waals surface area contributed by atoms with Gasteiger partial charge in [-0.1, -0.05) is 30.8 Å². The number of carbonyl (C=O) groups is 2. The predicted octanol–water partition coefficient (Wildman–Crippen LogP) is 6.23. The molecule has 0 spiro atoms. The molecule has 1 saturated carbocycles. The topological polar surface area (TPSA) is 116 Å². The Morgan fingerprint density at radius 2 is 1.83 bits per heavy atom. The number of Topliss-reactive ketones (excluding diaryl/α,β-unsaturated/α-hetero) is 1. The zero-order valence-corrected chi connectivity index (χ0v) is 24.0. The van der Waals surface area contributed by atoms with Crippen LogP contribution in [0.15, 0.2) is 59.7 Å². The number of oxazole rings is 1. The van der Waals surface area contributed by atoms with Gasteiger partial charge in [0, 0.05) is 44.0 Å². The van der Waals surface area contributed by atoms with Crippen LogP contribution in [0.1, 0.15) is 90.4 Å². The number of nitrogens with zero attached hydrogens (tertiary/aromatic N) is 1. The molecule has 0 unspecified atom stereocenters. The minimum absolute atomic E-state index is 0.0157. The molecular weight excluding hydrogens is 516 g/mol. The third kappa shape index (κ3) is 9.32. The van der Waals surface area contributed by atoms with Gasteiger partial charge in [-0.05, 0) is 81.2 Å². The summed E-state index contributed by atoms with van der Waals surface area (Å²) in [5.74, 6) is 1.05. The van der Waals surface area contributed by atoms with E-state index >= 15 is 0 Å². The smallest absolute Gasteiger partial charge is 0.251 e. The zero-order valence-electron chi connectivity index (χ0n) is 24.0. The number of nitrogens with one attached hydrogen (secondary N) is 3. The predicted molar refractivity (Wildman–Crippen MR) is 163 cm³/mol. The van der Waals surface area contributed by atoms with Crippen LogP contribution in [0.3, 0.4) is 0 Å². The molecule has 1 aliphatic rings. The SMILES string of the molecule is C=C(Nc1cc(C(=O)NCCCC(=O)CCCO)ccc1NCCCCc1ccccc1C)c1coc(C2CC2)n1. The average molecular weight is 559 g/mol. The number of aliphatic hydroxyl groups is 1. The standard InChI is InChI=1S/C33H42N4O4/c1-23-9-3-4-10-25(23)11-5-6-18-34-29-17-16-27(32(40)35-19-7-12-28(39)13-8-20-38)21-30(29)36-24(2)31-22-41-33(37-31)26-14-15-26/h3-4,9-10,16-17,21-22,26,34,36,38H,2,5-8,11-15,18-20H2,1H3,(H,35,40). The van der Waals surface area contributed by atoms with Gasteiger partial charge >= 0.3 is 0 Å². The number of aryl methyl sites for hydroxylation is 2. The van der Waals surface area contributed by atoms with Crippen molar-refractivity contribution >= 4 is 28.8 Å². The normalized spacial score (nSPS) is 12.6. The maximum Gasteiger partial charge on any atom is 0.251 e. The van der Waals surface area contributed by atoms with Crippen LogP contribution in [0.2, 0.25) is 0 Å². The van der Waals surface area contributed by atoms with E-state index in [-0.39, 0.29) is 18.3 Å². The van der Waals surface area contributed by atoms with Gasteiger partial charge in [0.1, 0.15) is 17.7 Å². The van der Waals surface area contributed by atoms with Crippen LogP contribution in [0.4, 0.5) is 11.4 Å². The molecule has 1 heterocycles. The van der Waals surface area contributed by atoms with Crippen molar-refractivity contribution in [1.29, 1.82) is 0 Å². The molecule has 8 nitrogen and oxygen atoms in total. The van der Waals surface area contributed by atoms with E-state index < -0.39 is 0 Å². The third-order valence-corrected chi connectivity index (χ3v) is 7.31. The van der Waals surface area contributed by atoms with Crippen molar-refractivity contribution in [3.05, 3.63) is 83.6 Å². The highest BCUT2D eigenvalue weighted by Gasteiger charge is 2.28. The van der Waals surface area contributed by atoms with Gasteiger partial charge in [0.05, 0.1) is 17.1 Å². The number of amides is 1. The highest BCUT2D eigenvalue weighted by Crippen LogP contribution is 2.39. The molecule has 0 aliphatic heterocycles. The van der Waals surface area contributed by atoms with Crippen LogP contribution >= 0.6 is 0 Å².